The van der Waals surface area contributed by atoms with Gasteiger partial charge in [-0.1, -0.05) is 0 Å². The molecule has 0 bridgehead atoms. The monoisotopic (exact) mass is 259 g/mol. The SMILES string of the molecule is CCN(C)C(=O)CCCN(CC(=O)O)N=C(N)N. The first kappa shape index (κ1) is 16.0. The summed E-state index contributed by atoms with van der Waals surface area (Å²) >= 11 is 0. The summed E-state index contributed by atoms with van der Waals surface area (Å²) < 4.78 is 0. The molecule has 0 radical (unpaired) electrons. The average Bonchev–Trinajstić information content (AvgIpc) is 2.25. The van der Waals surface area contributed by atoms with E-state index in [9.17, 15) is 9.59 Å². The molecule has 0 aromatic rings. The highest BCUT2D eigenvalue weighted by Gasteiger charge is 2.10. The number of aliphatic carboxylic acids is 1. The molecule has 0 aliphatic heterocycles. The zero-order valence-electron chi connectivity index (χ0n) is 10.8. The third-order valence-corrected chi connectivity index (χ3v) is 2.28. The van der Waals surface area contributed by atoms with Crippen LogP contribution in [0.3, 0.4) is 0 Å². The maximum atomic E-state index is 11.5. The van der Waals surface area contributed by atoms with Crippen molar-refractivity contribution in [3.63, 3.8) is 0 Å². The first-order valence-corrected chi connectivity index (χ1v) is 5.67. The van der Waals surface area contributed by atoms with E-state index in [1.807, 2.05) is 6.92 Å². The van der Waals surface area contributed by atoms with E-state index in [1.54, 1.807) is 11.9 Å². The van der Waals surface area contributed by atoms with Gasteiger partial charge in [0.25, 0.3) is 0 Å². The minimum absolute atomic E-state index is 0.0116. The van der Waals surface area contributed by atoms with Crippen LogP contribution in [0.5, 0.6) is 0 Å². The third-order valence-electron chi connectivity index (χ3n) is 2.28. The summed E-state index contributed by atoms with van der Waals surface area (Å²) in [4.78, 5) is 23.7. The van der Waals surface area contributed by atoms with Crippen LogP contribution >= 0.6 is 0 Å². The van der Waals surface area contributed by atoms with Crippen LogP contribution in [0.25, 0.3) is 0 Å². The van der Waals surface area contributed by atoms with Gasteiger partial charge in [-0.2, -0.15) is 0 Å². The van der Waals surface area contributed by atoms with Gasteiger partial charge in [0, 0.05) is 26.6 Å². The number of carboxylic acids is 1. The molecule has 0 saturated carbocycles. The van der Waals surface area contributed by atoms with Crippen molar-refractivity contribution >= 4 is 17.8 Å². The molecule has 0 heterocycles. The molecule has 8 nitrogen and oxygen atoms in total. The van der Waals surface area contributed by atoms with E-state index in [4.69, 9.17) is 16.6 Å². The van der Waals surface area contributed by atoms with Crippen molar-refractivity contribution in [2.45, 2.75) is 19.8 Å². The number of rotatable bonds is 8. The molecule has 18 heavy (non-hydrogen) atoms. The minimum Gasteiger partial charge on any atom is -0.480 e. The van der Waals surface area contributed by atoms with Gasteiger partial charge >= 0.3 is 5.97 Å². The average molecular weight is 259 g/mol. The van der Waals surface area contributed by atoms with Gasteiger partial charge in [0.05, 0.1) is 0 Å². The molecule has 0 saturated heterocycles. The van der Waals surface area contributed by atoms with E-state index in [2.05, 4.69) is 5.10 Å². The van der Waals surface area contributed by atoms with Crippen LogP contribution < -0.4 is 11.5 Å². The number of hydrogen-bond donors (Lipinski definition) is 3. The van der Waals surface area contributed by atoms with Crippen LogP contribution in [0, 0.1) is 0 Å². The molecule has 5 N–H and O–H groups in total. The van der Waals surface area contributed by atoms with Gasteiger partial charge in [0.2, 0.25) is 11.9 Å². The number of carbonyl (C=O) groups is 2. The molecule has 8 heteroatoms. The van der Waals surface area contributed by atoms with E-state index in [1.165, 1.54) is 5.01 Å². The zero-order chi connectivity index (χ0) is 14.1. The van der Waals surface area contributed by atoms with Gasteiger partial charge in [0.15, 0.2) is 0 Å². The predicted octanol–water partition coefficient (Wildman–Crippen LogP) is -1.18. The normalized spacial score (nSPS) is 9.67. The van der Waals surface area contributed by atoms with E-state index in [-0.39, 0.29) is 18.4 Å². The number of nitrogens with two attached hydrogens (primary N) is 2. The van der Waals surface area contributed by atoms with E-state index < -0.39 is 5.97 Å². The molecule has 104 valence electrons. The number of guanidine groups is 1. The Bertz CT molecular complexity index is 315. The predicted molar refractivity (Wildman–Crippen MR) is 67.6 cm³/mol. The van der Waals surface area contributed by atoms with E-state index >= 15 is 0 Å². The van der Waals surface area contributed by atoms with E-state index in [0.29, 0.717) is 25.9 Å². The summed E-state index contributed by atoms with van der Waals surface area (Å²) in [6.45, 7) is 2.54. The van der Waals surface area contributed by atoms with Gasteiger partial charge in [-0.25, -0.2) is 0 Å². The van der Waals surface area contributed by atoms with Crippen LogP contribution in [0.2, 0.25) is 0 Å². The van der Waals surface area contributed by atoms with Crippen molar-refractivity contribution in [3.8, 4) is 0 Å². The lowest BCUT2D eigenvalue weighted by Crippen LogP contribution is -2.33. The number of hydrazone groups is 1. The van der Waals surface area contributed by atoms with Crippen molar-refractivity contribution < 1.29 is 14.7 Å². The van der Waals surface area contributed by atoms with Crippen LogP contribution in [0.1, 0.15) is 19.8 Å². The molecule has 0 spiro atoms. The molecular formula is C10H21N5O3. The minimum atomic E-state index is -1.03. The molecule has 0 rings (SSSR count). The molecule has 0 unspecified atom stereocenters. The quantitative estimate of drug-likeness (QED) is 0.286. The summed E-state index contributed by atoms with van der Waals surface area (Å²) in [6.07, 6.45) is 0.827. The first-order chi connectivity index (χ1) is 8.36. The fourth-order valence-electron chi connectivity index (χ4n) is 1.26. The highest BCUT2D eigenvalue weighted by Crippen LogP contribution is 1.99. The molecule has 0 aromatic carbocycles. The fraction of sp³-hybridized carbons (Fsp3) is 0.700. The van der Waals surface area contributed by atoms with Crippen molar-refractivity contribution in [1.29, 1.82) is 0 Å². The number of carbonyl (C=O) groups excluding carboxylic acids is 1. The highest BCUT2D eigenvalue weighted by molar-refractivity contribution is 5.76. The lowest BCUT2D eigenvalue weighted by atomic mass is 10.2. The van der Waals surface area contributed by atoms with Gasteiger partial charge < -0.3 is 21.5 Å². The molecule has 0 aliphatic carbocycles. The van der Waals surface area contributed by atoms with Crippen molar-refractivity contribution in [1.82, 2.24) is 9.91 Å². The van der Waals surface area contributed by atoms with Crippen LogP contribution in [-0.4, -0.2) is 59.5 Å². The lowest BCUT2D eigenvalue weighted by Gasteiger charge is -2.18. The maximum Gasteiger partial charge on any atom is 0.324 e. The van der Waals surface area contributed by atoms with Crippen LogP contribution in [0.15, 0.2) is 5.10 Å². The van der Waals surface area contributed by atoms with Crippen molar-refractivity contribution in [2.24, 2.45) is 16.6 Å². The Morgan fingerprint density at radius 3 is 2.39 bits per heavy atom. The molecule has 0 fully saturated rings. The lowest BCUT2D eigenvalue weighted by molar-refractivity contribution is -0.138. The summed E-state index contributed by atoms with van der Waals surface area (Å²) in [6, 6.07) is 0. The number of amides is 1. The van der Waals surface area contributed by atoms with Crippen LogP contribution in [-0.2, 0) is 9.59 Å². The second kappa shape index (κ2) is 8.15. The Balaban J connectivity index is 4.15. The summed E-state index contributed by atoms with van der Waals surface area (Å²) in [5, 5.41) is 13.6. The molecular weight excluding hydrogens is 238 g/mol. The van der Waals surface area contributed by atoms with Crippen molar-refractivity contribution in [2.75, 3.05) is 26.7 Å². The summed E-state index contributed by atoms with van der Waals surface area (Å²) in [5.74, 6) is -1.22. The Labute approximate surface area is 106 Å². The topological polar surface area (TPSA) is 125 Å². The second-order valence-electron chi connectivity index (χ2n) is 3.82. The standard InChI is InChI=1S/C10H21N5O3/c1-3-14(2)8(16)5-4-6-15(7-9(17)18)13-10(11)12/h3-7H2,1-2H3,(H,17,18)(H4,11,12,13). The Morgan fingerprint density at radius 1 is 1.33 bits per heavy atom. The summed E-state index contributed by atoms with van der Waals surface area (Å²) in [7, 11) is 1.72. The van der Waals surface area contributed by atoms with E-state index in [0.717, 1.165) is 0 Å². The molecule has 0 aliphatic rings. The highest BCUT2D eigenvalue weighted by atomic mass is 16.4. The molecule has 0 atom stereocenters. The van der Waals surface area contributed by atoms with Crippen molar-refractivity contribution in [3.05, 3.63) is 0 Å². The Kier molecular flexibility index (Phi) is 7.25. The zero-order valence-corrected chi connectivity index (χ0v) is 10.8. The largest absolute Gasteiger partial charge is 0.480 e. The second-order valence-corrected chi connectivity index (χ2v) is 3.82. The molecule has 1 amide bonds. The maximum absolute atomic E-state index is 11.5. The smallest absolute Gasteiger partial charge is 0.324 e. The number of hydrogen-bond acceptors (Lipinski definition) is 4. The number of carboxylic acid groups (broad SMARTS) is 1. The first-order valence-electron chi connectivity index (χ1n) is 5.67. The van der Waals surface area contributed by atoms with Gasteiger partial charge in [-0.15, -0.1) is 5.10 Å². The van der Waals surface area contributed by atoms with Crippen LogP contribution in [0.4, 0.5) is 0 Å². The molecule has 0 aromatic heterocycles. The van der Waals surface area contributed by atoms with Gasteiger partial charge in [-0.05, 0) is 13.3 Å². The van der Waals surface area contributed by atoms with Gasteiger partial charge in [0.1, 0.15) is 6.54 Å². The summed E-state index contributed by atoms with van der Waals surface area (Å²) in [5.41, 5.74) is 10.4. The fourth-order valence-corrected chi connectivity index (χ4v) is 1.26. The Morgan fingerprint density at radius 2 is 1.94 bits per heavy atom. The third kappa shape index (κ3) is 7.31. The Hall–Kier alpha value is -1.99. The van der Waals surface area contributed by atoms with Gasteiger partial charge in [-0.3, -0.25) is 14.6 Å². The number of nitrogens with zero attached hydrogens (tertiary/aromatic N) is 3.